The molecule has 0 aliphatic carbocycles. The number of hydrogen-bond acceptors (Lipinski definition) is 3. The van der Waals surface area contributed by atoms with E-state index < -0.39 is 0 Å². The molecule has 4 rings (SSSR count). The average molecular weight is 360 g/mol. The molecule has 1 saturated heterocycles. The normalized spacial score (nSPS) is 17.5. The first kappa shape index (κ1) is 16.0. The molecule has 1 aliphatic rings. The van der Waals surface area contributed by atoms with E-state index in [1.54, 1.807) is 13.0 Å². The van der Waals surface area contributed by atoms with Crippen molar-refractivity contribution in [3.05, 3.63) is 50.7 Å². The average Bonchev–Trinajstić information content (AvgIpc) is 3.28. The monoisotopic (exact) mass is 359 g/mol. The molecule has 2 aromatic heterocycles. The highest BCUT2D eigenvalue weighted by atomic mass is 35.5. The highest BCUT2D eigenvalue weighted by Gasteiger charge is 2.32. The van der Waals surface area contributed by atoms with Crippen LogP contribution in [0, 0.1) is 6.92 Å². The number of carbonyl (C=O) groups is 1. The minimum absolute atomic E-state index is 0.0609. The summed E-state index contributed by atoms with van der Waals surface area (Å²) in [7, 11) is 0. The first-order chi connectivity index (χ1) is 12.0. The van der Waals surface area contributed by atoms with Crippen molar-refractivity contribution in [2.24, 2.45) is 0 Å². The molecular weight excluding hydrogens is 342 g/mol. The Bertz CT molecular complexity index is 1000. The maximum Gasteiger partial charge on any atom is 0.267 e. The summed E-state index contributed by atoms with van der Waals surface area (Å²) in [5.41, 5.74) is 2.65. The molecule has 1 aromatic carbocycles. The van der Waals surface area contributed by atoms with Gasteiger partial charge in [-0.05, 0) is 38.0 Å². The molecule has 1 fully saturated rings. The van der Waals surface area contributed by atoms with Crippen LogP contribution in [0.25, 0.3) is 11.0 Å². The van der Waals surface area contributed by atoms with E-state index in [4.69, 9.17) is 11.6 Å². The van der Waals surface area contributed by atoms with Gasteiger partial charge in [-0.15, -0.1) is 0 Å². The van der Waals surface area contributed by atoms with Crippen molar-refractivity contribution in [1.82, 2.24) is 25.1 Å². The lowest BCUT2D eigenvalue weighted by Crippen LogP contribution is -2.33. The predicted octanol–water partition coefficient (Wildman–Crippen LogP) is 2.45. The summed E-state index contributed by atoms with van der Waals surface area (Å²) >= 11 is 6.03. The highest BCUT2D eigenvalue weighted by molar-refractivity contribution is 6.31. The lowest BCUT2D eigenvalue weighted by Gasteiger charge is -2.23. The third-order valence-electron chi connectivity index (χ3n) is 4.77. The lowest BCUT2D eigenvalue weighted by atomic mass is 10.1. The van der Waals surface area contributed by atoms with Gasteiger partial charge in [0.1, 0.15) is 5.82 Å². The Morgan fingerprint density at radius 2 is 2.24 bits per heavy atom. The van der Waals surface area contributed by atoms with Crippen molar-refractivity contribution in [1.29, 1.82) is 0 Å². The molecule has 3 aromatic rings. The number of halogens is 1. The number of likely N-dealkylation sites (tertiary alicyclic amines) is 1. The van der Waals surface area contributed by atoms with Crippen LogP contribution < -0.4 is 5.56 Å². The van der Waals surface area contributed by atoms with Gasteiger partial charge in [-0.2, -0.15) is 0 Å². The van der Waals surface area contributed by atoms with Crippen LogP contribution in [-0.4, -0.2) is 37.5 Å². The second kappa shape index (κ2) is 6.07. The molecule has 8 heteroatoms. The molecule has 7 nitrogen and oxygen atoms in total. The molecule has 1 atom stereocenters. The number of aromatic nitrogens is 4. The van der Waals surface area contributed by atoms with Crippen molar-refractivity contribution in [3.8, 4) is 0 Å². The number of aryl methyl sites for hydroxylation is 1. The molecule has 25 heavy (non-hydrogen) atoms. The van der Waals surface area contributed by atoms with Crippen LogP contribution in [0.15, 0.2) is 23.0 Å². The van der Waals surface area contributed by atoms with Gasteiger partial charge in [-0.25, -0.2) is 4.98 Å². The molecule has 0 radical (unpaired) electrons. The quantitative estimate of drug-likeness (QED) is 0.670. The summed E-state index contributed by atoms with van der Waals surface area (Å²) in [6.45, 7) is 2.45. The van der Waals surface area contributed by atoms with E-state index >= 15 is 0 Å². The minimum atomic E-state index is -0.236. The SMILES string of the molecule is Cc1[nH][nH]c(=O)c1CC(=O)N1CCC[C@@H]1c1nc2ccc(Cl)cc2[nH]1. The molecule has 3 N–H and O–H groups in total. The van der Waals surface area contributed by atoms with Crippen LogP contribution in [0.3, 0.4) is 0 Å². The maximum absolute atomic E-state index is 12.8. The van der Waals surface area contributed by atoms with Gasteiger partial charge in [0, 0.05) is 22.8 Å². The fourth-order valence-electron chi connectivity index (χ4n) is 3.45. The Balaban J connectivity index is 1.61. The summed E-state index contributed by atoms with van der Waals surface area (Å²) in [5.74, 6) is 0.706. The minimum Gasteiger partial charge on any atom is -0.340 e. The first-order valence-corrected chi connectivity index (χ1v) is 8.61. The number of rotatable bonds is 3. The number of nitrogens with one attached hydrogen (secondary N) is 3. The Morgan fingerprint density at radius 1 is 1.40 bits per heavy atom. The van der Waals surface area contributed by atoms with Crippen LogP contribution in [0.2, 0.25) is 5.02 Å². The van der Waals surface area contributed by atoms with E-state index in [-0.39, 0.29) is 23.9 Å². The molecule has 1 aliphatic heterocycles. The molecule has 0 unspecified atom stereocenters. The first-order valence-electron chi connectivity index (χ1n) is 8.23. The number of benzene rings is 1. The molecule has 130 valence electrons. The number of amides is 1. The molecule has 0 spiro atoms. The standard InChI is InChI=1S/C17H18ClN5O2/c1-9-11(17(25)22-21-9)8-15(24)23-6-2-3-14(23)16-19-12-5-4-10(18)7-13(12)20-16/h4-5,7,14H,2-3,6,8H2,1H3,(H,19,20)(H2,21,22,25)/t14-/m1/s1. The number of H-pyrrole nitrogens is 3. The van der Waals surface area contributed by atoms with Gasteiger partial charge < -0.3 is 15.0 Å². The van der Waals surface area contributed by atoms with Crippen LogP contribution in [0.5, 0.6) is 0 Å². The second-order valence-corrected chi connectivity index (χ2v) is 6.82. The number of fused-ring (bicyclic) bond motifs is 1. The fraction of sp³-hybridized carbons (Fsp3) is 0.353. The third kappa shape index (κ3) is 2.84. The van der Waals surface area contributed by atoms with Gasteiger partial charge in [-0.3, -0.25) is 14.7 Å². The summed E-state index contributed by atoms with van der Waals surface area (Å²) < 4.78 is 0. The summed E-state index contributed by atoms with van der Waals surface area (Å²) in [4.78, 5) is 34.3. The summed E-state index contributed by atoms with van der Waals surface area (Å²) in [5, 5.41) is 5.92. The second-order valence-electron chi connectivity index (χ2n) is 6.39. The Morgan fingerprint density at radius 3 is 3.00 bits per heavy atom. The van der Waals surface area contributed by atoms with Gasteiger partial charge in [0.15, 0.2) is 0 Å². The summed E-state index contributed by atoms with van der Waals surface area (Å²) in [6.07, 6.45) is 1.85. The van der Waals surface area contributed by atoms with E-state index in [1.807, 2.05) is 17.0 Å². The molecule has 3 heterocycles. The van der Waals surface area contributed by atoms with E-state index in [1.165, 1.54) is 0 Å². The summed E-state index contributed by atoms with van der Waals surface area (Å²) in [6, 6.07) is 5.39. The Labute approximate surface area is 148 Å². The lowest BCUT2D eigenvalue weighted by molar-refractivity contribution is -0.131. The van der Waals surface area contributed by atoms with Crippen molar-refractivity contribution in [2.75, 3.05) is 6.54 Å². The number of nitrogens with zero attached hydrogens (tertiary/aromatic N) is 2. The zero-order valence-electron chi connectivity index (χ0n) is 13.7. The number of hydrogen-bond donors (Lipinski definition) is 3. The zero-order valence-corrected chi connectivity index (χ0v) is 14.5. The predicted molar refractivity (Wildman–Crippen MR) is 94.6 cm³/mol. The van der Waals surface area contributed by atoms with E-state index in [9.17, 15) is 9.59 Å². The smallest absolute Gasteiger partial charge is 0.267 e. The van der Waals surface area contributed by atoms with E-state index in [0.29, 0.717) is 22.8 Å². The molecule has 0 saturated carbocycles. The zero-order chi connectivity index (χ0) is 17.6. The number of imidazole rings is 1. The van der Waals surface area contributed by atoms with Gasteiger partial charge in [0.25, 0.3) is 5.56 Å². The van der Waals surface area contributed by atoms with Crippen molar-refractivity contribution in [3.63, 3.8) is 0 Å². The van der Waals surface area contributed by atoms with Crippen LogP contribution in [0.1, 0.15) is 36.0 Å². The number of carbonyl (C=O) groups excluding carboxylic acids is 1. The molecular formula is C17H18ClN5O2. The van der Waals surface area contributed by atoms with Crippen molar-refractivity contribution in [2.45, 2.75) is 32.2 Å². The maximum atomic E-state index is 12.8. The van der Waals surface area contributed by atoms with Gasteiger partial charge in [-0.1, -0.05) is 11.6 Å². The van der Waals surface area contributed by atoms with Crippen LogP contribution >= 0.6 is 11.6 Å². The van der Waals surface area contributed by atoms with Crippen LogP contribution in [-0.2, 0) is 11.2 Å². The van der Waals surface area contributed by atoms with Crippen molar-refractivity contribution >= 4 is 28.5 Å². The van der Waals surface area contributed by atoms with Gasteiger partial charge in [0.05, 0.1) is 23.5 Å². The van der Waals surface area contributed by atoms with Crippen LogP contribution in [0.4, 0.5) is 0 Å². The molecule has 0 bridgehead atoms. The van der Waals surface area contributed by atoms with Crippen molar-refractivity contribution < 1.29 is 4.79 Å². The van der Waals surface area contributed by atoms with E-state index in [0.717, 1.165) is 29.7 Å². The highest BCUT2D eigenvalue weighted by Crippen LogP contribution is 2.32. The topological polar surface area (TPSA) is 97.6 Å². The van der Waals surface area contributed by atoms with E-state index in [2.05, 4.69) is 20.2 Å². The van der Waals surface area contributed by atoms with Gasteiger partial charge in [0.2, 0.25) is 5.91 Å². The van der Waals surface area contributed by atoms with Gasteiger partial charge >= 0.3 is 0 Å². The third-order valence-corrected chi connectivity index (χ3v) is 5.00. The fourth-order valence-corrected chi connectivity index (χ4v) is 3.62. The number of aromatic amines is 3. The molecule has 1 amide bonds. The Kier molecular flexibility index (Phi) is 3.88. The Hall–Kier alpha value is -2.54. The largest absolute Gasteiger partial charge is 0.340 e.